The number of rotatable bonds is 8. The van der Waals surface area contributed by atoms with Crippen molar-refractivity contribution in [2.24, 2.45) is 0 Å². The number of nitrogens with one attached hydrogen (secondary N) is 2. The maximum absolute atomic E-state index is 12.2. The molecule has 1 amide bonds. The summed E-state index contributed by atoms with van der Waals surface area (Å²) in [7, 11) is 0. The molecule has 0 saturated carbocycles. The van der Waals surface area contributed by atoms with E-state index in [0.717, 1.165) is 34.5 Å². The van der Waals surface area contributed by atoms with Gasteiger partial charge in [-0.2, -0.15) is 0 Å². The molecule has 0 unspecified atom stereocenters. The lowest BCUT2D eigenvalue weighted by Gasteiger charge is -2.09. The molecular formula is C21H25N5OS. The summed E-state index contributed by atoms with van der Waals surface area (Å²) in [5.41, 5.74) is 4.19. The van der Waals surface area contributed by atoms with Crippen molar-refractivity contribution < 1.29 is 4.79 Å². The van der Waals surface area contributed by atoms with Gasteiger partial charge in [-0.25, -0.2) is 0 Å². The molecule has 28 heavy (non-hydrogen) atoms. The highest BCUT2D eigenvalue weighted by atomic mass is 32.2. The fraction of sp³-hybridized carbons (Fsp3) is 0.286. The van der Waals surface area contributed by atoms with Gasteiger partial charge in [0.25, 0.3) is 0 Å². The normalized spacial score (nSPS) is 10.7. The molecule has 0 aliphatic rings. The molecule has 0 saturated heterocycles. The van der Waals surface area contributed by atoms with Crippen molar-refractivity contribution in [1.29, 1.82) is 0 Å². The minimum absolute atomic E-state index is 0.0550. The number of hydrogen-bond acceptors (Lipinski definition) is 5. The van der Waals surface area contributed by atoms with Crippen molar-refractivity contribution >= 4 is 29.0 Å². The van der Waals surface area contributed by atoms with Crippen molar-refractivity contribution in [2.45, 2.75) is 39.0 Å². The van der Waals surface area contributed by atoms with Gasteiger partial charge in [0.1, 0.15) is 0 Å². The number of carbonyl (C=O) groups is 1. The largest absolute Gasteiger partial charge is 0.378 e. The van der Waals surface area contributed by atoms with Crippen LogP contribution in [0.4, 0.5) is 11.4 Å². The van der Waals surface area contributed by atoms with Crippen LogP contribution in [-0.4, -0.2) is 26.4 Å². The first-order chi connectivity index (χ1) is 13.5. The van der Waals surface area contributed by atoms with Gasteiger partial charge in [0.05, 0.1) is 12.3 Å². The Morgan fingerprint density at radius 3 is 2.54 bits per heavy atom. The van der Waals surface area contributed by atoms with Crippen LogP contribution in [0.25, 0.3) is 0 Å². The third-order valence-electron chi connectivity index (χ3n) is 4.25. The van der Waals surface area contributed by atoms with Crippen molar-refractivity contribution in [3.8, 4) is 0 Å². The van der Waals surface area contributed by atoms with E-state index in [0.29, 0.717) is 6.54 Å². The lowest BCUT2D eigenvalue weighted by Crippen LogP contribution is -2.15. The SMILES string of the molecule is CCn1c(CNc2ccc(C)cc2)nnc1SCC(=O)Nc1cccc(C)c1. The van der Waals surface area contributed by atoms with Crippen LogP contribution in [0.1, 0.15) is 23.9 Å². The van der Waals surface area contributed by atoms with Gasteiger partial charge >= 0.3 is 0 Å². The Hall–Kier alpha value is -2.80. The molecule has 7 heteroatoms. The molecular weight excluding hydrogens is 370 g/mol. The monoisotopic (exact) mass is 395 g/mol. The maximum Gasteiger partial charge on any atom is 0.234 e. The highest BCUT2D eigenvalue weighted by molar-refractivity contribution is 7.99. The molecule has 0 spiro atoms. The summed E-state index contributed by atoms with van der Waals surface area (Å²) < 4.78 is 2.03. The Bertz CT molecular complexity index is 936. The van der Waals surface area contributed by atoms with E-state index in [-0.39, 0.29) is 11.7 Å². The second kappa shape index (κ2) is 9.41. The van der Waals surface area contributed by atoms with Gasteiger partial charge < -0.3 is 15.2 Å². The van der Waals surface area contributed by atoms with Gasteiger partial charge in [-0.1, -0.05) is 41.6 Å². The molecule has 0 bridgehead atoms. The first kappa shape index (κ1) is 19.9. The van der Waals surface area contributed by atoms with Crippen LogP contribution < -0.4 is 10.6 Å². The number of hydrogen-bond donors (Lipinski definition) is 2. The van der Waals surface area contributed by atoms with Gasteiger partial charge in [0.15, 0.2) is 11.0 Å². The van der Waals surface area contributed by atoms with Gasteiger partial charge in [0.2, 0.25) is 5.91 Å². The zero-order chi connectivity index (χ0) is 19.9. The third kappa shape index (κ3) is 5.36. The Labute approximate surface area is 169 Å². The van der Waals surface area contributed by atoms with E-state index in [2.05, 4.69) is 46.8 Å². The van der Waals surface area contributed by atoms with Crippen molar-refractivity contribution in [3.05, 3.63) is 65.5 Å². The number of nitrogens with zero attached hydrogens (tertiary/aromatic N) is 3. The predicted molar refractivity (Wildman–Crippen MR) is 115 cm³/mol. The Balaban J connectivity index is 1.57. The topological polar surface area (TPSA) is 71.8 Å². The summed E-state index contributed by atoms with van der Waals surface area (Å²) in [5, 5.41) is 15.6. The van der Waals surface area contributed by atoms with Gasteiger partial charge in [0, 0.05) is 17.9 Å². The van der Waals surface area contributed by atoms with E-state index < -0.39 is 0 Å². The summed E-state index contributed by atoms with van der Waals surface area (Å²) in [6, 6.07) is 16.0. The zero-order valence-electron chi connectivity index (χ0n) is 16.4. The molecule has 146 valence electrons. The van der Waals surface area contributed by atoms with Gasteiger partial charge in [-0.3, -0.25) is 4.79 Å². The maximum atomic E-state index is 12.2. The number of amides is 1. The first-order valence-electron chi connectivity index (χ1n) is 9.27. The fourth-order valence-electron chi connectivity index (χ4n) is 2.78. The molecule has 6 nitrogen and oxygen atoms in total. The van der Waals surface area contributed by atoms with Crippen LogP contribution in [0.15, 0.2) is 53.7 Å². The summed E-state index contributed by atoms with van der Waals surface area (Å²) in [6.07, 6.45) is 0. The van der Waals surface area contributed by atoms with E-state index >= 15 is 0 Å². The Kier molecular flexibility index (Phi) is 6.71. The summed E-state index contributed by atoms with van der Waals surface area (Å²) in [4.78, 5) is 12.2. The van der Waals surface area contributed by atoms with E-state index in [9.17, 15) is 4.79 Å². The lowest BCUT2D eigenvalue weighted by atomic mass is 10.2. The van der Waals surface area contributed by atoms with Crippen LogP contribution in [-0.2, 0) is 17.9 Å². The number of benzene rings is 2. The molecule has 3 aromatic rings. The molecule has 1 heterocycles. The standard InChI is InChI=1S/C21H25N5OS/c1-4-26-19(13-22-17-10-8-15(2)9-11-17)24-25-21(26)28-14-20(27)23-18-7-5-6-16(3)12-18/h5-12,22H,4,13-14H2,1-3H3,(H,23,27). The van der Waals surface area contributed by atoms with Crippen molar-refractivity contribution in [1.82, 2.24) is 14.8 Å². The molecule has 0 atom stereocenters. The van der Waals surface area contributed by atoms with Gasteiger partial charge in [-0.15, -0.1) is 10.2 Å². The van der Waals surface area contributed by atoms with Crippen LogP contribution in [0.3, 0.4) is 0 Å². The Morgan fingerprint density at radius 1 is 1.04 bits per heavy atom. The first-order valence-corrected chi connectivity index (χ1v) is 10.3. The molecule has 1 aromatic heterocycles. The van der Waals surface area contributed by atoms with Crippen LogP contribution in [0.2, 0.25) is 0 Å². The second-order valence-corrected chi connectivity index (χ2v) is 7.51. The zero-order valence-corrected chi connectivity index (χ0v) is 17.2. The summed E-state index contributed by atoms with van der Waals surface area (Å²) >= 11 is 1.40. The van der Waals surface area contributed by atoms with Crippen LogP contribution in [0.5, 0.6) is 0 Å². The van der Waals surface area contributed by atoms with Gasteiger partial charge in [-0.05, 0) is 50.6 Å². The molecule has 0 aliphatic carbocycles. The fourth-order valence-corrected chi connectivity index (χ4v) is 3.60. The minimum Gasteiger partial charge on any atom is -0.378 e. The van der Waals surface area contributed by atoms with E-state index in [1.165, 1.54) is 17.3 Å². The molecule has 0 fully saturated rings. The van der Waals surface area contributed by atoms with E-state index in [4.69, 9.17) is 0 Å². The average molecular weight is 396 g/mol. The van der Waals surface area contributed by atoms with E-state index in [1.54, 1.807) is 0 Å². The van der Waals surface area contributed by atoms with Crippen molar-refractivity contribution in [3.63, 3.8) is 0 Å². The average Bonchev–Trinajstić information content (AvgIpc) is 3.08. The van der Waals surface area contributed by atoms with E-state index in [1.807, 2.05) is 47.9 Å². The molecule has 2 N–H and O–H groups in total. The van der Waals surface area contributed by atoms with Crippen molar-refractivity contribution in [2.75, 3.05) is 16.4 Å². The predicted octanol–water partition coefficient (Wildman–Crippen LogP) is 4.26. The molecule has 3 rings (SSSR count). The summed E-state index contributed by atoms with van der Waals surface area (Å²) in [5.74, 6) is 1.09. The van der Waals surface area contributed by atoms with Crippen LogP contribution >= 0.6 is 11.8 Å². The smallest absolute Gasteiger partial charge is 0.234 e. The number of aryl methyl sites for hydroxylation is 2. The van der Waals surface area contributed by atoms with Crippen LogP contribution in [0, 0.1) is 13.8 Å². The molecule has 0 aliphatic heterocycles. The molecule has 0 radical (unpaired) electrons. The second-order valence-electron chi connectivity index (χ2n) is 6.57. The minimum atomic E-state index is -0.0550. The Morgan fingerprint density at radius 2 is 1.82 bits per heavy atom. The number of thioether (sulfide) groups is 1. The third-order valence-corrected chi connectivity index (χ3v) is 5.21. The number of aromatic nitrogens is 3. The highest BCUT2D eigenvalue weighted by Gasteiger charge is 2.13. The number of anilines is 2. The highest BCUT2D eigenvalue weighted by Crippen LogP contribution is 2.19. The lowest BCUT2D eigenvalue weighted by molar-refractivity contribution is -0.113. The quantitative estimate of drug-likeness (QED) is 0.558. The molecule has 2 aromatic carbocycles. The number of carbonyl (C=O) groups excluding carboxylic acids is 1. The summed E-state index contributed by atoms with van der Waals surface area (Å²) in [6.45, 7) is 7.45.